The summed E-state index contributed by atoms with van der Waals surface area (Å²) in [6.07, 6.45) is 9.86. The summed E-state index contributed by atoms with van der Waals surface area (Å²) in [5.41, 5.74) is 0.935. The molecule has 1 aliphatic heterocycles. The Morgan fingerprint density at radius 1 is 1.26 bits per heavy atom. The molecule has 1 saturated heterocycles. The van der Waals surface area contributed by atoms with Crippen LogP contribution in [0.3, 0.4) is 0 Å². The van der Waals surface area contributed by atoms with Crippen molar-refractivity contribution in [3.63, 3.8) is 0 Å². The minimum atomic E-state index is -0.110. The Kier molecular flexibility index (Phi) is 6.91. The van der Waals surface area contributed by atoms with E-state index in [1.54, 1.807) is 0 Å². The number of likely N-dealkylation sites (tertiary alicyclic amines) is 1. The number of para-hydroxylation sites is 1. The van der Waals surface area contributed by atoms with E-state index in [1.165, 1.54) is 0 Å². The quantitative estimate of drug-likeness (QED) is 0.711. The summed E-state index contributed by atoms with van der Waals surface area (Å²) in [6, 6.07) is 7.58. The number of nitrogens with one attached hydrogen (secondary N) is 1. The number of allylic oxidation sites excluding steroid dienone is 2. The highest BCUT2D eigenvalue weighted by Crippen LogP contribution is 2.28. The van der Waals surface area contributed by atoms with Crippen molar-refractivity contribution in [1.29, 1.82) is 0 Å². The maximum atomic E-state index is 12.4. The van der Waals surface area contributed by atoms with Crippen molar-refractivity contribution in [1.82, 2.24) is 10.2 Å². The third-order valence-corrected chi connectivity index (χ3v) is 5.41. The number of nitrogens with zero attached hydrogens (tertiary/aromatic N) is 1. The van der Waals surface area contributed by atoms with E-state index >= 15 is 0 Å². The molecule has 0 saturated carbocycles. The van der Waals surface area contributed by atoms with Crippen LogP contribution >= 0.6 is 0 Å². The van der Waals surface area contributed by atoms with Gasteiger partial charge in [-0.1, -0.05) is 37.3 Å². The van der Waals surface area contributed by atoms with Gasteiger partial charge in [-0.05, 0) is 44.1 Å². The van der Waals surface area contributed by atoms with Gasteiger partial charge >= 0.3 is 0 Å². The molecule has 0 unspecified atom stereocenters. The van der Waals surface area contributed by atoms with Crippen LogP contribution in [0.15, 0.2) is 36.4 Å². The summed E-state index contributed by atoms with van der Waals surface area (Å²) in [5, 5.41) is 3.14. The Labute approximate surface area is 161 Å². The number of rotatable bonds is 8. The molecule has 1 N–H and O–H groups in total. The van der Waals surface area contributed by atoms with Crippen molar-refractivity contribution in [3.8, 4) is 5.75 Å². The van der Waals surface area contributed by atoms with Gasteiger partial charge in [0.05, 0.1) is 6.04 Å². The highest BCUT2D eigenvalue weighted by atomic mass is 16.5. The molecule has 2 atom stereocenters. The molecule has 1 aromatic carbocycles. The Morgan fingerprint density at radius 2 is 2.04 bits per heavy atom. The zero-order chi connectivity index (χ0) is 19.1. The summed E-state index contributed by atoms with van der Waals surface area (Å²) < 4.78 is 5.86. The van der Waals surface area contributed by atoms with E-state index < -0.39 is 0 Å². The highest BCUT2D eigenvalue weighted by Gasteiger charge is 2.22. The van der Waals surface area contributed by atoms with Gasteiger partial charge in [-0.3, -0.25) is 9.59 Å². The summed E-state index contributed by atoms with van der Waals surface area (Å²) in [7, 11) is 0. The van der Waals surface area contributed by atoms with E-state index in [-0.39, 0.29) is 24.5 Å². The summed E-state index contributed by atoms with van der Waals surface area (Å²) >= 11 is 0. The second-order valence-electron chi connectivity index (χ2n) is 7.41. The molecular formula is C22H30N2O3. The van der Waals surface area contributed by atoms with Crippen molar-refractivity contribution in [2.75, 3.05) is 19.7 Å². The standard InChI is InChI=1S/C22H30N2O3/c1-2-19(23-21(25)15-17-9-3-4-10-17)18-11-5-6-12-20(18)27-16-22(26)24-13-7-8-14-24/h3,5-6,9,11-12,17,19H,2,4,7-8,10,13-16H2,1H3,(H,23,25)/t17-,19-/m0/s1. The molecule has 1 aliphatic carbocycles. The minimum Gasteiger partial charge on any atom is -0.483 e. The lowest BCUT2D eigenvalue weighted by Crippen LogP contribution is -2.33. The van der Waals surface area contributed by atoms with Crippen LogP contribution in [0.5, 0.6) is 5.75 Å². The molecule has 1 fully saturated rings. The van der Waals surface area contributed by atoms with Gasteiger partial charge in [-0.2, -0.15) is 0 Å². The third-order valence-electron chi connectivity index (χ3n) is 5.41. The van der Waals surface area contributed by atoms with Crippen LogP contribution in [0.2, 0.25) is 0 Å². The van der Waals surface area contributed by atoms with Crippen LogP contribution in [-0.4, -0.2) is 36.4 Å². The van der Waals surface area contributed by atoms with E-state index in [0.29, 0.717) is 18.1 Å². The van der Waals surface area contributed by atoms with Crippen LogP contribution in [0.4, 0.5) is 0 Å². The Balaban J connectivity index is 1.60. The molecule has 2 aliphatic rings. The van der Waals surface area contributed by atoms with Crippen LogP contribution in [0, 0.1) is 5.92 Å². The third kappa shape index (κ3) is 5.34. The minimum absolute atomic E-state index is 0.0346. The van der Waals surface area contributed by atoms with Gasteiger partial charge in [-0.15, -0.1) is 0 Å². The van der Waals surface area contributed by atoms with Crippen LogP contribution in [0.25, 0.3) is 0 Å². The first-order valence-electron chi connectivity index (χ1n) is 10.1. The van der Waals surface area contributed by atoms with E-state index in [2.05, 4.69) is 17.5 Å². The predicted molar refractivity (Wildman–Crippen MR) is 105 cm³/mol. The van der Waals surface area contributed by atoms with Gasteiger partial charge in [0.15, 0.2) is 6.61 Å². The lowest BCUT2D eigenvalue weighted by atomic mass is 10.0. The van der Waals surface area contributed by atoms with E-state index in [1.807, 2.05) is 36.1 Å². The number of hydrogen-bond donors (Lipinski definition) is 1. The fraction of sp³-hybridized carbons (Fsp3) is 0.545. The van der Waals surface area contributed by atoms with Gasteiger partial charge in [-0.25, -0.2) is 0 Å². The number of benzene rings is 1. The van der Waals surface area contributed by atoms with Crippen molar-refractivity contribution < 1.29 is 14.3 Å². The van der Waals surface area contributed by atoms with Crippen LogP contribution < -0.4 is 10.1 Å². The fourth-order valence-corrected chi connectivity index (χ4v) is 3.85. The molecule has 0 radical (unpaired) electrons. The summed E-state index contributed by atoms with van der Waals surface area (Å²) in [5.74, 6) is 1.14. The first-order chi connectivity index (χ1) is 13.2. The van der Waals surface area contributed by atoms with Gasteiger partial charge in [0, 0.05) is 25.1 Å². The van der Waals surface area contributed by atoms with Gasteiger partial charge in [0.2, 0.25) is 5.91 Å². The zero-order valence-electron chi connectivity index (χ0n) is 16.2. The summed E-state index contributed by atoms with van der Waals surface area (Å²) in [6.45, 7) is 3.75. The normalized spacial score (nSPS) is 19.9. The monoisotopic (exact) mass is 370 g/mol. The lowest BCUT2D eigenvalue weighted by molar-refractivity contribution is -0.132. The molecular weight excluding hydrogens is 340 g/mol. The molecule has 5 heteroatoms. The number of amides is 2. The number of hydrogen-bond acceptors (Lipinski definition) is 3. The van der Waals surface area contributed by atoms with Crippen molar-refractivity contribution in [2.24, 2.45) is 5.92 Å². The number of carbonyl (C=O) groups excluding carboxylic acids is 2. The Bertz CT molecular complexity index is 680. The SMILES string of the molecule is CC[C@H](NC(=O)C[C@H]1C=CCC1)c1ccccc1OCC(=O)N1CCCC1. The average Bonchev–Trinajstić information content (AvgIpc) is 3.38. The van der Waals surface area contributed by atoms with Crippen molar-refractivity contribution in [2.45, 2.75) is 51.5 Å². The lowest BCUT2D eigenvalue weighted by Gasteiger charge is -2.22. The molecule has 1 heterocycles. The summed E-state index contributed by atoms with van der Waals surface area (Å²) in [4.78, 5) is 26.6. The maximum Gasteiger partial charge on any atom is 0.260 e. The predicted octanol–water partition coefficient (Wildman–Crippen LogP) is 3.61. The smallest absolute Gasteiger partial charge is 0.260 e. The van der Waals surface area contributed by atoms with Crippen molar-refractivity contribution >= 4 is 11.8 Å². The Morgan fingerprint density at radius 3 is 2.74 bits per heavy atom. The first kappa shape index (κ1) is 19.5. The highest BCUT2D eigenvalue weighted by molar-refractivity contribution is 5.78. The number of ether oxygens (including phenoxy) is 1. The van der Waals surface area contributed by atoms with Crippen molar-refractivity contribution in [3.05, 3.63) is 42.0 Å². The molecule has 3 rings (SSSR count). The van der Waals surface area contributed by atoms with E-state index in [9.17, 15) is 9.59 Å². The number of carbonyl (C=O) groups is 2. The largest absolute Gasteiger partial charge is 0.483 e. The van der Waals surface area contributed by atoms with Gasteiger partial charge in [0.25, 0.3) is 5.91 Å². The van der Waals surface area contributed by atoms with E-state index in [4.69, 9.17) is 4.74 Å². The molecule has 146 valence electrons. The van der Waals surface area contributed by atoms with Crippen LogP contribution in [-0.2, 0) is 9.59 Å². The molecule has 0 spiro atoms. The molecule has 1 aromatic rings. The Hall–Kier alpha value is -2.30. The second kappa shape index (κ2) is 9.58. The van der Waals surface area contributed by atoms with Gasteiger partial charge < -0.3 is 15.0 Å². The zero-order valence-corrected chi connectivity index (χ0v) is 16.2. The average molecular weight is 370 g/mol. The molecule has 2 amide bonds. The van der Waals surface area contributed by atoms with Crippen LogP contribution in [0.1, 0.15) is 57.1 Å². The van der Waals surface area contributed by atoms with E-state index in [0.717, 1.165) is 50.8 Å². The molecule has 5 nitrogen and oxygen atoms in total. The molecule has 0 aromatic heterocycles. The maximum absolute atomic E-state index is 12.4. The van der Waals surface area contributed by atoms with Gasteiger partial charge in [0.1, 0.15) is 5.75 Å². The fourth-order valence-electron chi connectivity index (χ4n) is 3.85. The molecule has 0 bridgehead atoms. The first-order valence-corrected chi connectivity index (χ1v) is 10.1. The topological polar surface area (TPSA) is 58.6 Å². The molecule has 27 heavy (non-hydrogen) atoms. The second-order valence-corrected chi connectivity index (χ2v) is 7.41.